The quantitative estimate of drug-likeness (QED) is 0.145. The van der Waals surface area contributed by atoms with Crippen LogP contribution in [0.4, 0.5) is 34.1 Å². The van der Waals surface area contributed by atoms with E-state index < -0.39 is 0 Å². The van der Waals surface area contributed by atoms with Crippen molar-refractivity contribution in [2.45, 2.75) is 0 Å². The number of anilines is 6. The van der Waals surface area contributed by atoms with Gasteiger partial charge in [-0.05, 0) is 131 Å². The van der Waals surface area contributed by atoms with Crippen LogP contribution in [0, 0.1) is 0 Å². The molecule has 0 amide bonds. The third-order valence-corrected chi connectivity index (χ3v) is 13.1. The number of hydrogen-bond donors (Lipinski definition) is 0. The standard InChI is InChI=1S/C62H42N6/c1-5-17-47(18-6-1)65(48-19-7-2-8-20-48)51-35-29-43(30-36-51)45-33-39-53-54-40-34-46(44-31-37-52(38-32-44)66(49-21-9-3-10-22-49)50-23-11-4-12-24-50)42-60(54)67(59(53)41-45)62-64-56-26-14-13-25-55(56)61-63-57-27-15-16-28-58(57)68(61)62/h1-42H. The molecule has 320 valence electrons. The molecular formula is C62H42N6. The third kappa shape index (κ3) is 6.66. The van der Waals surface area contributed by atoms with Crippen LogP contribution in [0.2, 0.25) is 0 Å². The summed E-state index contributed by atoms with van der Waals surface area (Å²) in [6.07, 6.45) is 0. The Bertz CT molecular complexity index is 3680. The van der Waals surface area contributed by atoms with Crippen molar-refractivity contribution in [2.24, 2.45) is 0 Å². The van der Waals surface area contributed by atoms with Crippen LogP contribution in [0.15, 0.2) is 255 Å². The first-order valence-electron chi connectivity index (χ1n) is 23.0. The molecule has 68 heavy (non-hydrogen) atoms. The van der Waals surface area contributed by atoms with Crippen LogP contribution >= 0.6 is 0 Å². The second-order valence-electron chi connectivity index (χ2n) is 17.1. The van der Waals surface area contributed by atoms with Crippen LogP contribution in [-0.2, 0) is 0 Å². The molecule has 13 aromatic rings. The van der Waals surface area contributed by atoms with Gasteiger partial charge >= 0.3 is 0 Å². The topological polar surface area (TPSA) is 41.6 Å². The number of para-hydroxylation sites is 7. The minimum atomic E-state index is 0.787. The normalized spacial score (nSPS) is 11.5. The lowest BCUT2D eigenvalue weighted by molar-refractivity contribution is 0.979. The Labute approximate surface area is 393 Å². The number of nitrogens with zero attached hydrogens (tertiary/aromatic N) is 6. The minimum Gasteiger partial charge on any atom is -0.311 e. The highest BCUT2D eigenvalue weighted by atomic mass is 15.2. The molecule has 0 aliphatic rings. The van der Waals surface area contributed by atoms with Gasteiger partial charge in [0, 0.05) is 50.3 Å². The molecule has 0 saturated carbocycles. The molecule has 0 saturated heterocycles. The fourth-order valence-electron chi connectivity index (χ4n) is 9.88. The lowest BCUT2D eigenvalue weighted by Crippen LogP contribution is -2.09. The number of benzene rings is 10. The van der Waals surface area contributed by atoms with Crippen LogP contribution in [0.3, 0.4) is 0 Å². The smallest absolute Gasteiger partial charge is 0.221 e. The van der Waals surface area contributed by atoms with Crippen LogP contribution in [-0.4, -0.2) is 18.9 Å². The number of rotatable bonds is 9. The molecule has 0 radical (unpaired) electrons. The number of fused-ring (bicyclic) bond motifs is 8. The summed E-state index contributed by atoms with van der Waals surface area (Å²) in [6, 6.07) is 90.4. The molecule has 0 N–H and O–H groups in total. The Hall–Kier alpha value is -9.26. The van der Waals surface area contributed by atoms with Crippen molar-refractivity contribution in [3.05, 3.63) is 255 Å². The molecule has 3 heterocycles. The summed E-state index contributed by atoms with van der Waals surface area (Å²) < 4.78 is 4.59. The molecule has 6 nitrogen and oxygen atoms in total. The summed E-state index contributed by atoms with van der Waals surface area (Å²) >= 11 is 0. The van der Waals surface area contributed by atoms with Crippen LogP contribution in [0.5, 0.6) is 0 Å². The molecule has 6 heteroatoms. The monoisotopic (exact) mass is 870 g/mol. The Morgan fingerprint density at radius 2 is 0.662 bits per heavy atom. The van der Waals surface area contributed by atoms with Gasteiger partial charge in [0.2, 0.25) is 5.95 Å². The summed E-state index contributed by atoms with van der Waals surface area (Å²) in [7, 11) is 0. The highest BCUT2D eigenvalue weighted by molar-refractivity contribution is 6.11. The highest BCUT2D eigenvalue weighted by Gasteiger charge is 2.22. The molecule has 3 aromatic heterocycles. The van der Waals surface area contributed by atoms with Crippen molar-refractivity contribution in [3.63, 3.8) is 0 Å². The van der Waals surface area contributed by atoms with Gasteiger partial charge in [-0.15, -0.1) is 0 Å². The minimum absolute atomic E-state index is 0.787. The third-order valence-electron chi connectivity index (χ3n) is 13.1. The molecule has 10 aromatic carbocycles. The van der Waals surface area contributed by atoms with Gasteiger partial charge in [0.05, 0.1) is 27.6 Å². The first-order valence-corrected chi connectivity index (χ1v) is 23.0. The summed E-state index contributed by atoms with van der Waals surface area (Å²) in [5.74, 6) is 0.787. The van der Waals surface area contributed by atoms with Crippen molar-refractivity contribution in [3.8, 4) is 28.2 Å². The molecule has 0 fully saturated rings. The van der Waals surface area contributed by atoms with E-state index in [0.29, 0.717) is 0 Å². The van der Waals surface area contributed by atoms with Gasteiger partial charge in [-0.1, -0.05) is 146 Å². The Kier molecular flexibility index (Phi) is 9.39. The van der Waals surface area contributed by atoms with Gasteiger partial charge in [0.15, 0.2) is 0 Å². The van der Waals surface area contributed by atoms with Crippen molar-refractivity contribution in [1.82, 2.24) is 18.9 Å². The molecule has 13 rings (SSSR count). The maximum atomic E-state index is 5.53. The summed E-state index contributed by atoms with van der Waals surface area (Å²) in [5, 5.41) is 3.31. The zero-order chi connectivity index (χ0) is 45.0. The fourth-order valence-corrected chi connectivity index (χ4v) is 9.88. The van der Waals surface area contributed by atoms with Gasteiger partial charge < -0.3 is 9.80 Å². The second-order valence-corrected chi connectivity index (χ2v) is 17.1. The zero-order valence-corrected chi connectivity index (χ0v) is 36.9. The lowest BCUT2D eigenvalue weighted by Gasteiger charge is -2.25. The molecular weight excluding hydrogens is 829 g/mol. The molecule has 0 bridgehead atoms. The molecule has 0 atom stereocenters. The predicted octanol–water partition coefficient (Wildman–Crippen LogP) is 16.4. The van der Waals surface area contributed by atoms with E-state index in [0.717, 1.165) is 112 Å². The van der Waals surface area contributed by atoms with E-state index >= 15 is 0 Å². The molecule has 0 aliphatic carbocycles. The van der Waals surface area contributed by atoms with Gasteiger partial charge in [0.1, 0.15) is 5.65 Å². The summed E-state index contributed by atoms with van der Waals surface area (Å²) in [4.78, 5) is 15.4. The number of hydrogen-bond acceptors (Lipinski definition) is 4. The molecule has 0 spiro atoms. The largest absolute Gasteiger partial charge is 0.311 e. The maximum Gasteiger partial charge on any atom is 0.221 e. The van der Waals surface area contributed by atoms with Gasteiger partial charge in [-0.3, -0.25) is 8.97 Å². The first kappa shape index (κ1) is 39.1. The summed E-state index contributed by atoms with van der Waals surface area (Å²) in [5.41, 5.74) is 16.9. The zero-order valence-electron chi connectivity index (χ0n) is 36.9. The van der Waals surface area contributed by atoms with Crippen molar-refractivity contribution < 1.29 is 0 Å². The van der Waals surface area contributed by atoms with E-state index in [1.54, 1.807) is 0 Å². The fraction of sp³-hybridized carbons (Fsp3) is 0. The van der Waals surface area contributed by atoms with E-state index in [-0.39, 0.29) is 0 Å². The SMILES string of the molecule is c1ccc(N(c2ccccc2)c2ccc(-c3ccc4c5ccc(-c6ccc(N(c7ccccc7)c7ccccc7)cc6)cc5n(-c5nc6ccccc6c6nc7ccccc7n56)c4c3)cc2)cc1. The van der Waals surface area contributed by atoms with E-state index in [1.807, 2.05) is 0 Å². The van der Waals surface area contributed by atoms with Gasteiger partial charge in [-0.2, -0.15) is 0 Å². The van der Waals surface area contributed by atoms with Crippen LogP contribution < -0.4 is 9.80 Å². The highest BCUT2D eigenvalue weighted by Crippen LogP contribution is 2.41. The molecule has 0 aliphatic heterocycles. The number of imidazole rings is 1. The van der Waals surface area contributed by atoms with Crippen molar-refractivity contribution in [1.29, 1.82) is 0 Å². The first-order chi connectivity index (χ1) is 33.7. The van der Waals surface area contributed by atoms with E-state index in [9.17, 15) is 0 Å². The average Bonchev–Trinajstić information content (AvgIpc) is 3.96. The Morgan fingerprint density at radius 3 is 1.13 bits per heavy atom. The number of aromatic nitrogens is 4. The van der Waals surface area contributed by atoms with Gasteiger partial charge in [0.25, 0.3) is 0 Å². The predicted molar refractivity (Wildman–Crippen MR) is 283 cm³/mol. The summed E-state index contributed by atoms with van der Waals surface area (Å²) in [6.45, 7) is 0. The Balaban J connectivity index is 0.991. The second kappa shape index (κ2) is 16.3. The average molecular weight is 871 g/mol. The Morgan fingerprint density at radius 1 is 0.279 bits per heavy atom. The lowest BCUT2D eigenvalue weighted by atomic mass is 10.0. The van der Waals surface area contributed by atoms with Gasteiger partial charge in [-0.25, -0.2) is 9.97 Å². The van der Waals surface area contributed by atoms with E-state index in [1.165, 1.54) is 0 Å². The maximum absolute atomic E-state index is 5.53. The molecule has 0 unspecified atom stereocenters. The van der Waals surface area contributed by atoms with Crippen LogP contribution in [0.25, 0.3) is 77.6 Å². The van der Waals surface area contributed by atoms with E-state index in [4.69, 9.17) is 9.97 Å². The van der Waals surface area contributed by atoms with Crippen molar-refractivity contribution >= 4 is 83.5 Å². The van der Waals surface area contributed by atoms with E-state index in [2.05, 4.69) is 274 Å². The van der Waals surface area contributed by atoms with Crippen LogP contribution in [0.1, 0.15) is 0 Å². The van der Waals surface area contributed by atoms with Crippen molar-refractivity contribution in [2.75, 3.05) is 9.80 Å².